The molecule has 0 aliphatic carbocycles. The second-order valence-corrected chi connectivity index (χ2v) is 3.15. The van der Waals surface area contributed by atoms with E-state index >= 15 is 0 Å². The number of carboxylic acid groups (broad SMARTS) is 2. The molecule has 0 bridgehead atoms. The summed E-state index contributed by atoms with van der Waals surface area (Å²) in [6.07, 6.45) is 1.28. The average molecular weight is 224 g/mol. The zero-order valence-electron chi connectivity index (χ0n) is 8.55. The minimum atomic E-state index is -1.06. The van der Waals surface area contributed by atoms with E-state index in [9.17, 15) is 9.59 Å². The smallest absolute Gasteiger partial charge is 0.335 e. The average Bonchev–Trinajstić information content (AvgIpc) is 2.15. The van der Waals surface area contributed by atoms with Gasteiger partial charge in [-0.1, -0.05) is 0 Å². The van der Waals surface area contributed by atoms with Crippen LogP contribution in [-0.2, 0) is 4.74 Å². The summed E-state index contributed by atoms with van der Waals surface area (Å²) >= 11 is 0. The van der Waals surface area contributed by atoms with Crippen molar-refractivity contribution in [3.63, 3.8) is 0 Å². The minimum Gasteiger partial charge on any atom is -0.478 e. The Hall–Kier alpha value is -1.88. The minimum absolute atomic E-state index is 0.0833. The van der Waals surface area contributed by atoms with E-state index in [0.717, 1.165) is 13.2 Å². The lowest BCUT2D eigenvalue weighted by atomic mass is 10.1. The molecule has 0 atom stereocenters. The third-order valence-electron chi connectivity index (χ3n) is 1.96. The van der Waals surface area contributed by atoms with E-state index in [-0.39, 0.29) is 11.1 Å². The van der Waals surface area contributed by atoms with Gasteiger partial charge in [0.05, 0.1) is 11.1 Å². The molecule has 0 unspecified atom stereocenters. The van der Waals surface area contributed by atoms with Crippen molar-refractivity contribution in [3.05, 3.63) is 35.4 Å². The van der Waals surface area contributed by atoms with Crippen LogP contribution in [0.4, 0.5) is 0 Å². The summed E-state index contributed by atoms with van der Waals surface area (Å²) in [7, 11) is 0. The lowest BCUT2D eigenvalue weighted by Crippen LogP contribution is -2.09. The number of benzene rings is 1. The van der Waals surface area contributed by atoms with Gasteiger partial charge in [0.1, 0.15) is 0 Å². The monoisotopic (exact) mass is 224 g/mol. The lowest BCUT2D eigenvalue weighted by Gasteiger charge is -2.09. The molecule has 0 saturated carbocycles. The van der Waals surface area contributed by atoms with Crippen molar-refractivity contribution in [2.45, 2.75) is 6.42 Å². The second-order valence-electron chi connectivity index (χ2n) is 3.15. The summed E-state index contributed by atoms with van der Waals surface area (Å²) in [6.45, 7) is 2.00. The van der Waals surface area contributed by atoms with Crippen molar-refractivity contribution in [2.24, 2.45) is 0 Å². The standard InChI is InChI=1S/C8H6O4.C3H6O/c9-7(10)5-1-2-6(4-3-5)8(11)12;1-2-4-3-1/h1-4H,(H,9,10)(H,11,12);1-3H2. The van der Waals surface area contributed by atoms with Gasteiger partial charge in [0, 0.05) is 13.2 Å². The van der Waals surface area contributed by atoms with Crippen molar-refractivity contribution in [1.82, 2.24) is 0 Å². The molecule has 1 aromatic carbocycles. The second kappa shape index (κ2) is 5.87. The molecule has 0 amide bonds. The summed E-state index contributed by atoms with van der Waals surface area (Å²) < 4.78 is 4.72. The number of ether oxygens (including phenoxy) is 1. The maximum Gasteiger partial charge on any atom is 0.335 e. The Balaban J connectivity index is 0.000000267. The summed E-state index contributed by atoms with van der Waals surface area (Å²) in [4.78, 5) is 20.7. The fraction of sp³-hybridized carbons (Fsp3) is 0.273. The molecule has 0 aromatic heterocycles. The van der Waals surface area contributed by atoms with Gasteiger partial charge >= 0.3 is 11.9 Å². The topological polar surface area (TPSA) is 83.8 Å². The number of carbonyl (C=O) groups is 2. The van der Waals surface area contributed by atoms with Crippen LogP contribution in [0.15, 0.2) is 24.3 Å². The van der Waals surface area contributed by atoms with Crippen LogP contribution in [0.1, 0.15) is 27.1 Å². The predicted molar refractivity (Wildman–Crippen MR) is 55.8 cm³/mol. The highest BCUT2D eigenvalue weighted by Crippen LogP contribution is 2.03. The first kappa shape index (κ1) is 12.2. The molecular weight excluding hydrogens is 212 g/mol. The van der Waals surface area contributed by atoms with E-state index in [2.05, 4.69) is 0 Å². The molecule has 1 saturated heterocycles. The van der Waals surface area contributed by atoms with Gasteiger partial charge in [0.25, 0.3) is 0 Å². The maximum absolute atomic E-state index is 10.3. The molecule has 0 spiro atoms. The van der Waals surface area contributed by atoms with Crippen molar-refractivity contribution in [1.29, 1.82) is 0 Å². The van der Waals surface area contributed by atoms with Gasteiger partial charge in [-0.25, -0.2) is 9.59 Å². The highest BCUT2D eigenvalue weighted by Gasteiger charge is 2.04. The van der Waals surface area contributed by atoms with E-state index in [0.29, 0.717) is 0 Å². The number of hydrogen-bond acceptors (Lipinski definition) is 3. The molecule has 2 rings (SSSR count). The summed E-state index contributed by atoms with van der Waals surface area (Å²) in [6, 6.07) is 5.02. The highest BCUT2D eigenvalue weighted by atomic mass is 16.5. The third-order valence-corrected chi connectivity index (χ3v) is 1.96. The molecule has 1 fully saturated rings. The first-order chi connectivity index (χ1) is 7.61. The number of carboxylic acids is 2. The largest absolute Gasteiger partial charge is 0.478 e. The SMILES string of the molecule is C1COC1.O=C(O)c1ccc(C(=O)O)cc1. The summed E-state index contributed by atoms with van der Waals surface area (Å²) in [5.74, 6) is -2.13. The molecule has 86 valence electrons. The fourth-order valence-corrected chi connectivity index (χ4v) is 0.900. The fourth-order valence-electron chi connectivity index (χ4n) is 0.900. The molecule has 1 aliphatic heterocycles. The van der Waals surface area contributed by atoms with Gasteiger partial charge in [0.15, 0.2) is 0 Å². The van der Waals surface area contributed by atoms with E-state index in [1.54, 1.807) is 0 Å². The normalized spacial score (nSPS) is 13.0. The van der Waals surface area contributed by atoms with Crippen LogP contribution in [0.5, 0.6) is 0 Å². The molecular formula is C11H12O5. The van der Waals surface area contributed by atoms with Crippen LogP contribution in [0, 0.1) is 0 Å². The van der Waals surface area contributed by atoms with E-state index in [1.165, 1.54) is 30.7 Å². The Bertz CT molecular complexity index is 327. The van der Waals surface area contributed by atoms with E-state index in [4.69, 9.17) is 14.9 Å². The zero-order chi connectivity index (χ0) is 12.0. The van der Waals surface area contributed by atoms with Crippen molar-refractivity contribution in [2.75, 3.05) is 13.2 Å². The van der Waals surface area contributed by atoms with Gasteiger partial charge < -0.3 is 14.9 Å². The number of aromatic carboxylic acids is 2. The van der Waals surface area contributed by atoms with Crippen LogP contribution in [-0.4, -0.2) is 35.4 Å². The van der Waals surface area contributed by atoms with Crippen molar-refractivity contribution in [3.8, 4) is 0 Å². The van der Waals surface area contributed by atoms with Crippen LogP contribution in [0.2, 0.25) is 0 Å². The van der Waals surface area contributed by atoms with Crippen LogP contribution >= 0.6 is 0 Å². The Morgan fingerprint density at radius 2 is 1.19 bits per heavy atom. The third kappa shape index (κ3) is 3.70. The number of rotatable bonds is 2. The van der Waals surface area contributed by atoms with Gasteiger partial charge in [-0.05, 0) is 30.7 Å². The molecule has 1 heterocycles. The molecule has 5 nitrogen and oxygen atoms in total. The van der Waals surface area contributed by atoms with Gasteiger partial charge in [-0.2, -0.15) is 0 Å². The van der Waals surface area contributed by atoms with Gasteiger partial charge in [0.2, 0.25) is 0 Å². The van der Waals surface area contributed by atoms with Crippen molar-refractivity contribution >= 4 is 11.9 Å². The molecule has 0 radical (unpaired) electrons. The Labute approximate surface area is 92.3 Å². The Morgan fingerprint density at radius 1 is 0.938 bits per heavy atom. The van der Waals surface area contributed by atoms with E-state index in [1.807, 2.05) is 0 Å². The molecule has 1 aliphatic rings. The van der Waals surface area contributed by atoms with Crippen molar-refractivity contribution < 1.29 is 24.5 Å². The maximum atomic E-state index is 10.3. The first-order valence-corrected chi connectivity index (χ1v) is 4.75. The highest BCUT2D eigenvalue weighted by molar-refractivity contribution is 5.91. The van der Waals surface area contributed by atoms with Crippen LogP contribution < -0.4 is 0 Å². The summed E-state index contributed by atoms with van der Waals surface area (Å²) in [5.41, 5.74) is 0.167. The zero-order valence-corrected chi connectivity index (χ0v) is 8.55. The molecule has 1 aromatic rings. The quantitative estimate of drug-likeness (QED) is 0.795. The first-order valence-electron chi connectivity index (χ1n) is 4.75. The summed E-state index contributed by atoms with van der Waals surface area (Å²) in [5, 5.41) is 16.9. The molecule has 5 heteroatoms. The predicted octanol–water partition coefficient (Wildman–Crippen LogP) is 1.49. The van der Waals surface area contributed by atoms with E-state index < -0.39 is 11.9 Å². The molecule has 16 heavy (non-hydrogen) atoms. The lowest BCUT2D eigenvalue weighted by molar-refractivity contribution is 0.0367. The van der Waals surface area contributed by atoms with Crippen LogP contribution in [0.25, 0.3) is 0 Å². The van der Waals surface area contributed by atoms with Gasteiger partial charge in [-0.3, -0.25) is 0 Å². The Morgan fingerprint density at radius 3 is 1.31 bits per heavy atom. The molecule has 2 N–H and O–H groups in total. The van der Waals surface area contributed by atoms with Crippen LogP contribution in [0.3, 0.4) is 0 Å². The van der Waals surface area contributed by atoms with Gasteiger partial charge in [-0.15, -0.1) is 0 Å². The Kier molecular flexibility index (Phi) is 4.47. The number of hydrogen-bond donors (Lipinski definition) is 2.